The monoisotopic (exact) mass is 425 g/mol. The van der Waals surface area contributed by atoms with Crippen molar-refractivity contribution in [3.63, 3.8) is 0 Å². The predicted molar refractivity (Wildman–Crippen MR) is 117 cm³/mol. The van der Waals surface area contributed by atoms with Gasteiger partial charge in [0.15, 0.2) is 0 Å². The Balaban J connectivity index is 1.34. The molecule has 1 N–H and O–H groups in total. The zero-order valence-electron chi connectivity index (χ0n) is 17.2. The quantitative estimate of drug-likeness (QED) is 0.598. The number of amides is 1. The SMILES string of the molecule is CN1CCN(CC(NC(=O)CCc2nnc(-c3ccsc3)o2)c2ccccc2)CC1. The second-order valence-electron chi connectivity index (χ2n) is 7.65. The Kier molecular flexibility index (Phi) is 6.88. The largest absolute Gasteiger partial charge is 0.421 e. The summed E-state index contributed by atoms with van der Waals surface area (Å²) in [6, 6.07) is 12.1. The summed E-state index contributed by atoms with van der Waals surface area (Å²) in [5.41, 5.74) is 2.04. The third-order valence-electron chi connectivity index (χ3n) is 5.37. The lowest BCUT2D eigenvalue weighted by Crippen LogP contribution is -2.47. The fourth-order valence-electron chi connectivity index (χ4n) is 3.55. The van der Waals surface area contributed by atoms with Crippen molar-refractivity contribution in [3.8, 4) is 11.5 Å². The number of likely N-dealkylation sites (N-methyl/N-ethyl adjacent to an activating group) is 1. The van der Waals surface area contributed by atoms with Crippen molar-refractivity contribution < 1.29 is 9.21 Å². The Labute approximate surface area is 180 Å². The highest BCUT2D eigenvalue weighted by molar-refractivity contribution is 7.08. The third-order valence-corrected chi connectivity index (χ3v) is 6.06. The highest BCUT2D eigenvalue weighted by atomic mass is 32.1. The normalized spacial score (nSPS) is 16.4. The topological polar surface area (TPSA) is 74.5 Å². The number of nitrogens with zero attached hydrogens (tertiary/aromatic N) is 4. The van der Waals surface area contributed by atoms with Crippen LogP contribution in [0.15, 0.2) is 51.6 Å². The van der Waals surface area contributed by atoms with Crippen LogP contribution in [0.25, 0.3) is 11.5 Å². The van der Waals surface area contributed by atoms with Crippen molar-refractivity contribution in [3.05, 3.63) is 58.6 Å². The summed E-state index contributed by atoms with van der Waals surface area (Å²) in [5, 5.41) is 15.3. The van der Waals surface area contributed by atoms with Gasteiger partial charge in [-0.25, -0.2) is 0 Å². The second kappa shape index (κ2) is 9.97. The molecule has 0 bridgehead atoms. The number of carbonyl (C=O) groups is 1. The van der Waals surface area contributed by atoms with Crippen LogP contribution in [-0.4, -0.2) is 65.7 Å². The van der Waals surface area contributed by atoms with Crippen LogP contribution >= 0.6 is 11.3 Å². The Morgan fingerprint density at radius 3 is 2.70 bits per heavy atom. The maximum atomic E-state index is 12.7. The molecule has 2 aromatic heterocycles. The van der Waals surface area contributed by atoms with E-state index in [-0.39, 0.29) is 11.9 Å². The number of piperazine rings is 1. The van der Waals surface area contributed by atoms with Crippen LogP contribution in [0.1, 0.15) is 23.9 Å². The minimum atomic E-state index is -0.0360. The molecule has 1 fully saturated rings. The Hall–Kier alpha value is -2.55. The molecule has 0 spiro atoms. The van der Waals surface area contributed by atoms with Gasteiger partial charge in [0.2, 0.25) is 17.7 Å². The summed E-state index contributed by atoms with van der Waals surface area (Å²) in [7, 11) is 2.15. The van der Waals surface area contributed by atoms with E-state index in [0.29, 0.717) is 24.6 Å². The summed E-state index contributed by atoms with van der Waals surface area (Å²) < 4.78 is 5.69. The number of aryl methyl sites for hydroxylation is 1. The molecule has 1 saturated heterocycles. The molecule has 3 heterocycles. The second-order valence-corrected chi connectivity index (χ2v) is 8.43. The maximum Gasteiger partial charge on any atom is 0.248 e. The molecule has 4 rings (SSSR count). The Morgan fingerprint density at radius 2 is 1.97 bits per heavy atom. The summed E-state index contributed by atoms with van der Waals surface area (Å²) in [6.45, 7) is 4.96. The number of carbonyl (C=O) groups excluding carboxylic acids is 1. The average molecular weight is 426 g/mol. The number of hydrogen-bond donors (Lipinski definition) is 1. The molecular formula is C22H27N5O2S. The number of thiophene rings is 1. The lowest BCUT2D eigenvalue weighted by Gasteiger charge is -2.35. The molecule has 8 heteroatoms. The fourth-order valence-corrected chi connectivity index (χ4v) is 4.18. The van der Waals surface area contributed by atoms with E-state index in [4.69, 9.17) is 4.42 Å². The van der Waals surface area contributed by atoms with E-state index >= 15 is 0 Å². The first-order valence-corrected chi connectivity index (χ1v) is 11.2. The fraction of sp³-hybridized carbons (Fsp3) is 0.409. The molecule has 0 saturated carbocycles. The van der Waals surface area contributed by atoms with E-state index in [1.54, 1.807) is 11.3 Å². The predicted octanol–water partition coefficient (Wildman–Crippen LogP) is 2.84. The number of hydrogen-bond acceptors (Lipinski definition) is 7. The van der Waals surface area contributed by atoms with Crippen LogP contribution in [0.5, 0.6) is 0 Å². The molecule has 7 nitrogen and oxygen atoms in total. The minimum Gasteiger partial charge on any atom is -0.421 e. The molecule has 0 aliphatic carbocycles. The van der Waals surface area contributed by atoms with Gasteiger partial charge < -0.3 is 14.6 Å². The zero-order chi connectivity index (χ0) is 20.8. The zero-order valence-corrected chi connectivity index (χ0v) is 18.0. The van der Waals surface area contributed by atoms with E-state index in [0.717, 1.165) is 43.9 Å². The van der Waals surface area contributed by atoms with Crippen LogP contribution in [-0.2, 0) is 11.2 Å². The highest BCUT2D eigenvalue weighted by Gasteiger charge is 2.21. The first-order valence-electron chi connectivity index (χ1n) is 10.3. The van der Waals surface area contributed by atoms with Gasteiger partial charge in [0.25, 0.3) is 0 Å². The van der Waals surface area contributed by atoms with E-state index in [1.807, 2.05) is 35.0 Å². The number of benzene rings is 1. The van der Waals surface area contributed by atoms with Crippen molar-refractivity contribution in [1.82, 2.24) is 25.3 Å². The van der Waals surface area contributed by atoms with Crippen LogP contribution in [0.4, 0.5) is 0 Å². The van der Waals surface area contributed by atoms with Gasteiger partial charge in [0.05, 0.1) is 6.04 Å². The van der Waals surface area contributed by atoms with Gasteiger partial charge in [-0.05, 0) is 24.1 Å². The summed E-state index contributed by atoms with van der Waals surface area (Å²) in [4.78, 5) is 17.5. The first-order chi connectivity index (χ1) is 14.7. The standard InChI is InChI=1S/C22H27N5O2S/c1-26-10-12-27(13-11-26)15-19(17-5-3-2-4-6-17)23-20(28)7-8-21-24-25-22(29-21)18-9-14-30-16-18/h2-6,9,14,16,19H,7-8,10-13,15H2,1H3,(H,23,28). The van der Waals surface area contributed by atoms with Gasteiger partial charge in [0.1, 0.15) is 0 Å². The van der Waals surface area contributed by atoms with Gasteiger partial charge in [-0.1, -0.05) is 30.3 Å². The van der Waals surface area contributed by atoms with Gasteiger partial charge >= 0.3 is 0 Å². The molecule has 1 aliphatic heterocycles. The molecule has 1 aliphatic rings. The minimum absolute atomic E-state index is 0.00624. The molecule has 0 radical (unpaired) electrons. The van der Waals surface area contributed by atoms with Crippen LogP contribution < -0.4 is 5.32 Å². The highest BCUT2D eigenvalue weighted by Crippen LogP contribution is 2.21. The first kappa shape index (κ1) is 20.7. The van der Waals surface area contributed by atoms with E-state index < -0.39 is 0 Å². The van der Waals surface area contributed by atoms with Crippen LogP contribution in [0, 0.1) is 0 Å². The molecule has 1 atom stereocenters. The number of rotatable bonds is 8. The van der Waals surface area contributed by atoms with Crippen molar-refractivity contribution in [2.24, 2.45) is 0 Å². The Morgan fingerprint density at radius 1 is 1.17 bits per heavy atom. The number of aromatic nitrogens is 2. The van der Waals surface area contributed by atoms with E-state index in [2.05, 4.69) is 44.5 Å². The molecule has 30 heavy (non-hydrogen) atoms. The van der Waals surface area contributed by atoms with Gasteiger partial charge in [-0.15, -0.1) is 10.2 Å². The third kappa shape index (κ3) is 5.53. The van der Waals surface area contributed by atoms with Crippen LogP contribution in [0.3, 0.4) is 0 Å². The van der Waals surface area contributed by atoms with Gasteiger partial charge in [-0.2, -0.15) is 11.3 Å². The van der Waals surface area contributed by atoms with E-state index in [1.165, 1.54) is 0 Å². The molecule has 3 aromatic rings. The lowest BCUT2D eigenvalue weighted by molar-refractivity contribution is -0.122. The smallest absolute Gasteiger partial charge is 0.248 e. The van der Waals surface area contributed by atoms with Crippen molar-refractivity contribution in [2.45, 2.75) is 18.9 Å². The van der Waals surface area contributed by atoms with Crippen molar-refractivity contribution in [2.75, 3.05) is 39.8 Å². The molecule has 1 amide bonds. The van der Waals surface area contributed by atoms with Gasteiger partial charge in [-0.3, -0.25) is 9.69 Å². The molecule has 1 unspecified atom stereocenters. The molecule has 1 aromatic carbocycles. The summed E-state index contributed by atoms with van der Waals surface area (Å²) in [6.07, 6.45) is 0.746. The molecule has 158 valence electrons. The maximum absolute atomic E-state index is 12.7. The lowest BCUT2D eigenvalue weighted by atomic mass is 10.1. The summed E-state index contributed by atoms with van der Waals surface area (Å²) >= 11 is 1.58. The van der Waals surface area contributed by atoms with Crippen molar-refractivity contribution >= 4 is 17.2 Å². The molecular weight excluding hydrogens is 398 g/mol. The average Bonchev–Trinajstić information content (AvgIpc) is 3.46. The van der Waals surface area contributed by atoms with E-state index in [9.17, 15) is 4.79 Å². The van der Waals surface area contributed by atoms with Gasteiger partial charge in [0, 0.05) is 56.5 Å². The number of nitrogens with one attached hydrogen (secondary N) is 1. The van der Waals surface area contributed by atoms with Crippen LogP contribution in [0.2, 0.25) is 0 Å². The Bertz CT molecular complexity index is 920. The van der Waals surface area contributed by atoms with Crippen molar-refractivity contribution in [1.29, 1.82) is 0 Å². The summed E-state index contributed by atoms with van der Waals surface area (Å²) in [5.74, 6) is 0.985.